The van der Waals surface area contributed by atoms with Crippen molar-refractivity contribution in [1.29, 1.82) is 0 Å². The number of benzene rings is 2. The molecule has 8 nitrogen and oxygen atoms in total. The summed E-state index contributed by atoms with van der Waals surface area (Å²) in [6.07, 6.45) is 4.54. The van der Waals surface area contributed by atoms with Crippen LogP contribution in [0.25, 0.3) is 44.5 Å². The Morgan fingerprint density at radius 3 is 2.52 bits per heavy atom. The normalized spacial score (nSPS) is 14.2. The van der Waals surface area contributed by atoms with Gasteiger partial charge in [0.25, 0.3) is 0 Å². The first kappa shape index (κ1) is 25.8. The third-order valence-corrected chi connectivity index (χ3v) is 8.52. The highest BCUT2D eigenvalue weighted by Gasteiger charge is 2.36. The van der Waals surface area contributed by atoms with Gasteiger partial charge in [0.05, 0.1) is 33.2 Å². The molecule has 202 valence electrons. The number of aromatic nitrogens is 4. The van der Waals surface area contributed by atoms with Gasteiger partial charge in [0.2, 0.25) is 5.95 Å². The fourth-order valence-electron chi connectivity index (χ4n) is 5.47. The summed E-state index contributed by atoms with van der Waals surface area (Å²) in [7, 11) is -3.59. The second kappa shape index (κ2) is 9.06. The number of pyridine rings is 2. The maximum Gasteiger partial charge on any atom is 0.220 e. The van der Waals surface area contributed by atoms with Crippen molar-refractivity contribution in [2.24, 2.45) is 0 Å². The molecule has 0 saturated carbocycles. The van der Waals surface area contributed by atoms with Crippen LogP contribution >= 0.6 is 0 Å². The van der Waals surface area contributed by atoms with E-state index in [1.54, 1.807) is 48.8 Å². The van der Waals surface area contributed by atoms with E-state index in [-0.39, 0.29) is 16.3 Å². The average molecular weight is 555 g/mol. The number of nitrogens with two attached hydrogens (primary N) is 1. The van der Waals surface area contributed by atoms with E-state index in [9.17, 15) is 12.8 Å². The second-order valence-corrected chi connectivity index (χ2v) is 12.7. The van der Waals surface area contributed by atoms with E-state index in [2.05, 4.69) is 29.1 Å². The van der Waals surface area contributed by atoms with Gasteiger partial charge in [-0.05, 0) is 42.3 Å². The molecule has 1 aliphatic heterocycles. The molecule has 0 fully saturated rings. The average Bonchev–Trinajstić information content (AvgIpc) is 3.22. The molecule has 0 radical (unpaired) electrons. The number of anilines is 2. The van der Waals surface area contributed by atoms with Crippen LogP contribution < -0.4 is 11.1 Å². The Labute approximate surface area is 231 Å². The molecule has 0 saturated heterocycles. The van der Waals surface area contributed by atoms with Crippen molar-refractivity contribution in [2.75, 3.05) is 23.9 Å². The molecule has 3 aromatic heterocycles. The molecule has 0 bridgehead atoms. The Morgan fingerprint density at radius 2 is 1.77 bits per heavy atom. The van der Waals surface area contributed by atoms with Crippen LogP contribution in [0.1, 0.15) is 25.1 Å². The lowest BCUT2D eigenvalue weighted by atomic mass is 9.85. The topological polar surface area (TPSA) is 124 Å². The van der Waals surface area contributed by atoms with Crippen molar-refractivity contribution in [2.45, 2.75) is 31.1 Å². The monoisotopic (exact) mass is 554 g/mol. The minimum atomic E-state index is -3.59. The van der Waals surface area contributed by atoms with Crippen molar-refractivity contribution in [1.82, 2.24) is 19.9 Å². The van der Waals surface area contributed by atoms with Gasteiger partial charge in [0.15, 0.2) is 9.84 Å². The molecule has 2 aromatic carbocycles. The first-order valence-electron chi connectivity index (χ1n) is 12.7. The number of nitrogen functional groups attached to an aromatic ring is 1. The van der Waals surface area contributed by atoms with Gasteiger partial charge in [0.1, 0.15) is 5.82 Å². The molecular weight excluding hydrogens is 527 g/mol. The molecule has 0 spiro atoms. The minimum absolute atomic E-state index is 0.124. The Bertz CT molecular complexity index is 1960. The lowest BCUT2D eigenvalue weighted by Gasteiger charge is -2.22. The fourth-order valence-corrected chi connectivity index (χ4v) is 6.36. The first-order chi connectivity index (χ1) is 19.0. The summed E-state index contributed by atoms with van der Waals surface area (Å²) in [6.45, 7) is 6.81. The number of nitrogens with one attached hydrogen (secondary N) is 1. The molecule has 0 aliphatic carbocycles. The molecule has 10 heteroatoms. The number of sulfone groups is 1. The SMILES string of the molecule is Cc1c(-c2ccccc2S(C)(=O)=O)nc2cc(F)ccc2c1-c1c(-c2ccnc(N)n2)cnc2c1NCC2(C)C. The predicted molar refractivity (Wildman–Crippen MR) is 155 cm³/mol. The molecule has 0 atom stereocenters. The van der Waals surface area contributed by atoms with E-state index in [0.29, 0.717) is 40.0 Å². The molecule has 5 aromatic rings. The lowest BCUT2D eigenvalue weighted by molar-refractivity contribution is 0.569. The van der Waals surface area contributed by atoms with Gasteiger partial charge in [-0.2, -0.15) is 0 Å². The molecule has 4 heterocycles. The van der Waals surface area contributed by atoms with Crippen LogP contribution in [0.15, 0.2) is 65.8 Å². The van der Waals surface area contributed by atoms with Crippen LogP contribution in [0.5, 0.6) is 0 Å². The summed E-state index contributed by atoms with van der Waals surface area (Å²) in [4.78, 5) is 18.3. The maximum absolute atomic E-state index is 14.6. The molecule has 1 aliphatic rings. The fraction of sp³-hybridized carbons (Fsp3) is 0.200. The molecular formula is C30H27FN6O2S. The summed E-state index contributed by atoms with van der Waals surface area (Å²) < 4.78 is 40.1. The highest BCUT2D eigenvalue weighted by atomic mass is 32.2. The molecule has 0 unspecified atom stereocenters. The van der Waals surface area contributed by atoms with Gasteiger partial charge < -0.3 is 11.1 Å². The zero-order chi connectivity index (χ0) is 28.4. The summed E-state index contributed by atoms with van der Waals surface area (Å²) in [5.74, 6) is -0.321. The predicted octanol–water partition coefficient (Wildman–Crippen LogP) is 5.56. The number of hydrogen-bond donors (Lipinski definition) is 2. The smallest absolute Gasteiger partial charge is 0.220 e. The highest BCUT2D eigenvalue weighted by molar-refractivity contribution is 7.90. The Hall–Kier alpha value is -4.44. The number of fused-ring (bicyclic) bond motifs is 2. The Balaban J connectivity index is 1.79. The van der Waals surface area contributed by atoms with Crippen LogP contribution in [0.3, 0.4) is 0 Å². The zero-order valence-electron chi connectivity index (χ0n) is 22.4. The van der Waals surface area contributed by atoms with Crippen molar-refractivity contribution in [3.63, 3.8) is 0 Å². The number of rotatable bonds is 4. The van der Waals surface area contributed by atoms with Crippen LogP contribution in [-0.2, 0) is 15.3 Å². The van der Waals surface area contributed by atoms with Crippen LogP contribution in [-0.4, -0.2) is 41.2 Å². The quantitative estimate of drug-likeness (QED) is 0.296. The lowest BCUT2D eigenvalue weighted by Crippen LogP contribution is -2.19. The Morgan fingerprint density at radius 1 is 1.00 bits per heavy atom. The van der Waals surface area contributed by atoms with Crippen LogP contribution in [0.2, 0.25) is 0 Å². The van der Waals surface area contributed by atoms with Gasteiger partial charge in [-0.1, -0.05) is 32.0 Å². The van der Waals surface area contributed by atoms with Gasteiger partial charge >= 0.3 is 0 Å². The van der Waals surface area contributed by atoms with E-state index in [1.165, 1.54) is 18.4 Å². The highest BCUT2D eigenvalue weighted by Crippen LogP contribution is 2.49. The van der Waals surface area contributed by atoms with Crippen molar-refractivity contribution in [3.05, 3.63) is 78.0 Å². The largest absolute Gasteiger partial charge is 0.382 e. The standard InChI is InChI=1S/C30H27FN6O2S/c1-16-24(25-20(21-11-12-33-29(32)37-21)14-34-28-27(25)35-15-30(28,2)3)18-10-9-17(31)13-22(18)36-26(16)19-7-5-6-8-23(19)40(4,38)39/h5-14,35H,15H2,1-4H3,(H2,32,33,37). The molecule has 40 heavy (non-hydrogen) atoms. The van der Waals surface area contributed by atoms with Crippen LogP contribution in [0.4, 0.5) is 16.0 Å². The summed E-state index contributed by atoms with van der Waals surface area (Å²) in [5, 5.41) is 4.26. The minimum Gasteiger partial charge on any atom is -0.382 e. The van der Waals surface area contributed by atoms with Crippen molar-refractivity contribution >= 4 is 32.4 Å². The number of halogens is 1. The molecule has 6 rings (SSSR count). The first-order valence-corrected chi connectivity index (χ1v) is 14.6. The van der Waals surface area contributed by atoms with Gasteiger partial charge in [-0.15, -0.1) is 0 Å². The second-order valence-electron chi connectivity index (χ2n) is 10.7. The third kappa shape index (κ3) is 4.15. The van der Waals surface area contributed by atoms with E-state index in [4.69, 9.17) is 15.7 Å². The third-order valence-electron chi connectivity index (χ3n) is 7.36. The molecule has 0 amide bonds. The summed E-state index contributed by atoms with van der Waals surface area (Å²) >= 11 is 0. The van der Waals surface area contributed by atoms with Crippen molar-refractivity contribution in [3.8, 4) is 33.6 Å². The van der Waals surface area contributed by atoms with E-state index in [1.807, 2.05) is 6.92 Å². The van der Waals surface area contributed by atoms with Gasteiger partial charge in [-0.25, -0.2) is 27.8 Å². The van der Waals surface area contributed by atoms with Gasteiger partial charge in [-0.3, -0.25) is 4.98 Å². The Kier molecular flexibility index (Phi) is 5.85. The van der Waals surface area contributed by atoms with Gasteiger partial charge in [0, 0.05) is 58.8 Å². The maximum atomic E-state index is 14.6. The molecule has 3 N–H and O–H groups in total. The summed E-state index contributed by atoms with van der Waals surface area (Å²) in [5.41, 5.74) is 12.3. The van der Waals surface area contributed by atoms with E-state index >= 15 is 0 Å². The summed E-state index contributed by atoms with van der Waals surface area (Å²) in [6, 6.07) is 13.0. The zero-order valence-corrected chi connectivity index (χ0v) is 23.3. The van der Waals surface area contributed by atoms with E-state index < -0.39 is 15.7 Å². The van der Waals surface area contributed by atoms with Crippen LogP contribution in [0, 0.1) is 12.7 Å². The number of hydrogen-bond acceptors (Lipinski definition) is 8. The van der Waals surface area contributed by atoms with Crippen molar-refractivity contribution < 1.29 is 12.8 Å². The van der Waals surface area contributed by atoms with E-state index in [0.717, 1.165) is 28.1 Å². The number of nitrogens with zero attached hydrogens (tertiary/aromatic N) is 4.